The largest absolute Gasteiger partial charge is 0.324 e. The molecule has 28 heavy (non-hydrogen) atoms. The summed E-state index contributed by atoms with van der Waals surface area (Å²) in [5, 5.41) is 7.29. The highest BCUT2D eigenvalue weighted by molar-refractivity contribution is 5.95. The van der Waals surface area contributed by atoms with Crippen LogP contribution in [0, 0.1) is 5.82 Å². The number of rotatable bonds is 5. The number of piperidine rings is 1. The fourth-order valence-corrected chi connectivity index (χ4v) is 3.81. The van der Waals surface area contributed by atoms with Crippen molar-refractivity contribution < 1.29 is 9.18 Å². The van der Waals surface area contributed by atoms with Crippen molar-refractivity contribution in [1.82, 2.24) is 14.7 Å². The second-order valence-electron chi connectivity index (χ2n) is 7.06. The van der Waals surface area contributed by atoms with Crippen LogP contribution in [0.2, 0.25) is 0 Å². The van der Waals surface area contributed by atoms with Crippen molar-refractivity contribution in [3.63, 3.8) is 0 Å². The SMILES string of the molecule is O=C(Nc1ccc(F)cc1)[C@H](c1ccccc1)N1CCC(n2cccn2)CC1. The maximum Gasteiger partial charge on any atom is 0.246 e. The van der Waals surface area contributed by atoms with Crippen molar-refractivity contribution in [1.29, 1.82) is 0 Å². The third kappa shape index (κ3) is 4.12. The third-order valence-corrected chi connectivity index (χ3v) is 5.24. The van der Waals surface area contributed by atoms with Gasteiger partial charge in [-0.15, -0.1) is 0 Å². The van der Waals surface area contributed by atoms with Gasteiger partial charge in [-0.3, -0.25) is 14.4 Å². The summed E-state index contributed by atoms with van der Waals surface area (Å²) in [7, 11) is 0. The van der Waals surface area contributed by atoms with Gasteiger partial charge in [-0.2, -0.15) is 5.10 Å². The van der Waals surface area contributed by atoms with Crippen molar-refractivity contribution in [2.24, 2.45) is 0 Å². The summed E-state index contributed by atoms with van der Waals surface area (Å²) in [6.07, 6.45) is 5.68. The van der Waals surface area contributed by atoms with Crippen LogP contribution in [0.4, 0.5) is 10.1 Å². The summed E-state index contributed by atoms with van der Waals surface area (Å²) in [6.45, 7) is 1.61. The van der Waals surface area contributed by atoms with Gasteiger partial charge in [0, 0.05) is 31.2 Å². The van der Waals surface area contributed by atoms with Gasteiger partial charge in [0.1, 0.15) is 11.9 Å². The van der Waals surface area contributed by atoms with Crippen LogP contribution in [0.15, 0.2) is 73.1 Å². The second-order valence-corrected chi connectivity index (χ2v) is 7.06. The molecule has 3 aromatic rings. The predicted molar refractivity (Wildman–Crippen MR) is 106 cm³/mol. The number of anilines is 1. The molecule has 144 valence electrons. The lowest BCUT2D eigenvalue weighted by Gasteiger charge is -2.37. The van der Waals surface area contributed by atoms with E-state index in [2.05, 4.69) is 15.3 Å². The Morgan fingerprint density at radius 1 is 1.04 bits per heavy atom. The first kappa shape index (κ1) is 18.4. The van der Waals surface area contributed by atoms with E-state index in [1.807, 2.05) is 47.3 Å². The van der Waals surface area contributed by atoms with Gasteiger partial charge in [0.2, 0.25) is 5.91 Å². The van der Waals surface area contributed by atoms with Gasteiger partial charge in [-0.25, -0.2) is 4.39 Å². The highest BCUT2D eigenvalue weighted by atomic mass is 19.1. The molecule has 1 aromatic heterocycles. The first-order valence-corrected chi connectivity index (χ1v) is 9.55. The molecule has 2 heterocycles. The van der Waals surface area contributed by atoms with Crippen LogP contribution < -0.4 is 5.32 Å². The Labute approximate surface area is 163 Å². The average Bonchev–Trinajstić information content (AvgIpc) is 3.26. The van der Waals surface area contributed by atoms with Crippen molar-refractivity contribution >= 4 is 11.6 Å². The standard InChI is InChI=1S/C22H23FN4O/c23-18-7-9-19(10-8-18)25-22(28)21(17-5-2-1-3-6-17)26-15-11-20(12-16-26)27-14-4-13-24-27/h1-10,13-14,20-21H,11-12,15-16H2,(H,25,28)/t21-/m0/s1. The molecular weight excluding hydrogens is 355 g/mol. The minimum Gasteiger partial charge on any atom is -0.324 e. The minimum atomic E-state index is -0.384. The lowest BCUT2D eigenvalue weighted by Crippen LogP contribution is -2.42. The molecular formula is C22H23FN4O. The number of nitrogens with one attached hydrogen (secondary N) is 1. The Balaban J connectivity index is 1.51. The fraction of sp³-hybridized carbons (Fsp3) is 0.273. The van der Waals surface area contributed by atoms with Gasteiger partial charge in [0.15, 0.2) is 0 Å². The molecule has 0 unspecified atom stereocenters. The number of halogens is 1. The molecule has 1 atom stereocenters. The maximum absolute atomic E-state index is 13.2. The van der Waals surface area contributed by atoms with Gasteiger partial charge in [0.25, 0.3) is 0 Å². The Kier molecular flexibility index (Phi) is 5.48. The van der Waals surface area contributed by atoms with Crippen molar-refractivity contribution in [2.45, 2.75) is 24.9 Å². The number of likely N-dealkylation sites (tertiary alicyclic amines) is 1. The summed E-state index contributed by atoms with van der Waals surface area (Å²) in [6, 6.07) is 17.6. The number of hydrogen-bond acceptors (Lipinski definition) is 3. The van der Waals surface area contributed by atoms with Crippen molar-refractivity contribution in [3.8, 4) is 0 Å². The Morgan fingerprint density at radius 2 is 1.75 bits per heavy atom. The summed E-state index contributed by atoms with van der Waals surface area (Å²) < 4.78 is 15.2. The fourth-order valence-electron chi connectivity index (χ4n) is 3.81. The third-order valence-electron chi connectivity index (χ3n) is 5.24. The molecule has 0 saturated carbocycles. The van der Waals surface area contributed by atoms with Crippen LogP contribution in [-0.2, 0) is 4.79 Å². The normalized spacial score (nSPS) is 16.6. The molecule has 0 bridgehead atoms. The zero-order valence-corrected chi connectivity index (χ0v) is 15.5. The molecule has 4 rings (SSSR count). The van der Waals surface area contributed by atoms with E-state index in [1.54, 1.807) is 18.3 Å². The monoisotopic (exact) mass is 378 g/mol. The molecule has 0 aliphatic carbocycles. The quantitative estimate of drug-likeness (QED) is 0.729. The maximum atomic E-state index is 13.2. The summed E-state index contributed by atoms with van der Waals surface area (Å²) >= 11 is 0. The molecule has 1 fully saturated rings. The van der Waals surface area contributed by atoms with E-state index < -0.39 is 0 Å². The molecule has 1 amide bonds. The summed E-state index contributed by atoms with van der Waals surface area (Å²) in [5.41, 5.74) is 1.55. The predicted octanol–water partition coefficient (Wildman–Crippen LogP) is 4.04. The topological polar surface area (TPSA) is 50.2 Å². The van der Waals surface area contributed by atoms with E-state index in [1.165, 1.54) is 12.1 Å². The van der Waals surface area contributed by atoms with E-state index in [9.17, 15) is 9.18 Å². The zero-order valence-electron chi connectivity index (χ0n) is 15.5. The summed E-state index contributed by atoms with van der Waals surface area (Å²) in [5.74, 6) is -0.423. The number of nitrogens with zero attached hydrogens (tertiary/aromatic N) is 3. The van der Waals surface area contributed by atoms with E-state index >= 15 is 0 Å². The molecule has 1 aliphatic heterocycles. The van der Waals surface area contributed by atoms with Gasteiger partial charge in [0.05, 0.1) is 6.04 Å². The highest BCUT2D eigenvalue weighted by Gasteiger charge is 2.31. The highest BCUT2D eigenvalue weighted by Crippen LogP contribution is 2.30. The molecule has 1 N–H and O–H groups in total. The van der Waals surface area contributed by atoms with Crippen LogP contribution in [0.3, 0.4) is 0 Å². The Morgan fingerprint density at radius 3 is 2.39 bits per heavy atom. The zero-order chi connectivity index (χ0) is 19.3. The Hall–Kier alpha value is -2.99. The van der Waals surface area contributed by atoms with Crippen molar-refractivity contribution in [3.05, 3.63) is 84.4 Å². The minimum absolute atomic E-state index is 0.102. The van der Waals surface area contributed by atoms with Crippen LogP contribution in [0.25, 0.3) is 0 Å². The van der Waals surface area contributed by atoms with Crippen LogP contribution >= 0.6 is 0 Å². The second kappa shape index (κ2) is 8.35. The smallest absolute Gasteiger partial charge is 0.246 e. The molecule has 2 aromatic carbocycles. The van der Waals surface area contributed by atoms with Gasteiger partial charge in [-0.05, 0) is 48.7 Å². The van der Waals surface area contributed by atoms with Crippen LogP contribution in [0.1, 0.15) is 30.5 Å². The number of carbonyl (C=O) groups excluding carboxylic acids is 1. The van der Waals surface area contributed by atoms with E-state index in [0.29, 0.717) is 11.7 Å². The number of hydrogen-bond donors (Lipinski definition) is 1. The lowest BCUT2D eigenvalue weighted by molar-refractivity contribution is -0.122. The first-order valence-electron chi connectivity index (χ1n) is 9.55. The van der Waals surface area contributed by atoms with E-state index in [4.69, 9.17) is 0 Å². The molecule has 1 aliphatic rings. The average molecular weight is 378 g/mol. The van der Waals surface area contributed by atoms with Gasteiger partial charge < -0.3 is 5.32 Å². The number of benzene rings is 2. The Bertz CT molecular complexity index is 888. The first-order chi connectivity index (χ1) is 13.7. The van der Waals surface area contributed by atoms with Crippen LogP contribution in [-0.4, -0.2) is 33.7 Å². The molecule has 5 nitrogen and oxygen atoms in total. The van der Waals surface area contributed by atoms with E-state index in [-0.39, 0.29) is 17.8 Å². The number of aromatic nitrogens is 2. The van der Waals surface area contributed by atoms with Crippen molar-refractivity contribution in [2.75, 3.05) is 18.4 Å². The number of amides is 1. The summed E-state index contributed by atoms with van der Waals surface area (Å²) in [4.78, 5) is 15.4. The molecule has 6 heteroatoms. The van der Waals surface area contributed by atoms with Gasteiger partial charge >= 0.3 is 0 Å². The number of carbonyl (C=O) groups is 1. The van der Waals surface area contributed by atoms with Crippen LogP contribution in [0.5, 0.6) is 0 Å². The van der Waals surface area contributed by atoms with E-state index in [0.717, 1.165) is 31.5 Å². The molecule has 0 radical (unpaired) electrons. The lowest BCUT2D eigenvalue weighted by atomic mass is 9.98. The van der Waals surface area contributed by atoms with Gasteiger partial charge in [-0.1, -0.05) is 30.3 Å². The molecule has 1 saturated heterocycles. The molecule has 0 spiro atoms.